The maximum Gasteiger partial charge on any atom is 0.222 e. The summed E-state index contributed by atoms with van der Waals surface area (Å²) >= 11 is 0. The van der Waals surface area contributed by atoms with Crippen molar-refractivity contribution in [3.63, 3.8) is 0 Å². The number of pyridine rings is 3. The molecule has 0 fully saturated rings. The molecule has 3 aromatic heterocycles. The zero-order chi connectivity index (χ0) is 20.5. The van der Waals surface area contributed by atoms with Crippen LogP contribution >= 0.6 is 0 Å². The molecule has 0 unspecified atom stereocenters. The van der Waals surface area contributed by atoms with Crippen LogP contribution in [-0.2, 0) is 0 Å². The van der Waals surface area contributed by atoms with Gasteiger partial charge in [-0.3, -0.25) is 10.2 Å². The lowest BCUT2D eigenvalue weighted by molar-refractivity contribution is -0.904. The molecule has 0 saturated carbocycles. The van der Waals surface area contributed by atoms with E-state index in [1.165, 1.54) is 12.4 Å². The van der Waals surface area contributed by atoms with Crippen molar-refractivity contribution in [2.24, 2.45) is 0 Å². The molecule has 0 aliphatic carbocycles. The first-order chi connectivity index (χ1) is 12.8. The molecule has 3 heterocycles. The molecule has 6 heteroatoms. The van der Waals surface area contributed by atoms with Gasteiger partial charge < -0.3 is 10.7 Å². The minimum atomic E-state index is 0. The highest BCUT2D eigenvalue weighted by Crippen LogP contribution is 1.74. The first-order valence-corrected chi connectivity index (χ1v) is 8.93. The van der Waals surface area contributed by atoms with Gasteiger partial charge in [0.25, 0.3) is 0 Å². The van der Waals surface area contributed by atoms with E-state index in [0.717, 1.165) is 9.46 Å². The lowest BCUT2D eigenvalue weighted by Crippen LogP contribution is -2.27. The first kappa shape index (κ1) is 31.7. The van der Waals surface area contributed by atoms with E-state index in [4.69, 9.17) is 5.21 Å². The van der Waals surface area contributed by atoms with Gasteiger partial charge in [0.15, 0.2) is 12.4 Å². The normalized spacial score (nSPS) is 6.89. The van der Waals surface area contributed by atoms with E-state index in [1.54, 1.807) is 55.1 Å². The van der Waals surface area contributed by atoms with Crippen molar-refractivity contribution in [3.05, 3.63) is 97.0 Å². The summed E-state index contributed by atoms with van der Waals surface area (Å²) in [6.45, 7) is 12.0. The monoisotopic (exact) mass is 378 g/mol. The highest BCUT2D eigenvalue weighted by Gasteiger charge is 1.82. The second-order valence-electron chi connectivity index (χ2n) is 3.52. The Balaban J connectivity index is -0.000000127. The Morgan fingerprint density at radius 3 is 1.07 bits per heavy atom. The molecule has 0 amide bonds. The zero-order valence-corrected chi connectivity index (χ0v) is 17.4. The van der Waals surface area contributed by atoms with Crippen molar-refractivity contribution in [1.29, 1.82) is 0 Å². The smallest absolute Gasteiger partial charge is 0.222 e. The van der Waals surface area contributed by atoms with Crippen molar-refractivity contribution in [3.8, 4) is 0 Å². The van der Waals surface area contributed by atoms with Gasteiger partial charge in [-0.05, 0) is 12.1 Å². The van der Waals surface area contributed by atoms with Crippen molar-refractivity contribution in [2.45, 2.75) is 41.5 Å². The van der Waals surface area contributed by atoms with Gasteiger partial charge in [-0.2, -0.15) is 4.73 Å². The number of hydrogen-bond acceptors (Lipinski definition) is 3. The summed E-state index contributed by atoms with van der Waals surface area (Å²) < 4.78 is 1.75. The molecule has 3 rings (SSSR count). The van der Waals surface area contributed by atoms with Crippen molar-refractivity contribution in [1.82, 2.24) is 4.98 Å². The van der Waals surface area contributed by atoms with Crippen molar-refractivity contribution in [2.75, 3.05) is 0 Å². The van der Waals surface area contributed by atoms with Crippen LogP contribution in [0.15, 0.2) is 91.8 Å². The molecule has 6 nitrogen and oxygen atoms in total. The van der Waals surface area contributed by atoms with Crippen LogP contribution in [0.25, 0.3) is 0 Å². The van der Waals surface area contributed by atoms with E-state index >= 15 is 0 Å². The second kappa shape index (κ2) is 30.8. The standard InChI is InChI=1S/C5H6NO.C5H5NO.C5H5N.3C2H6.H2O/c2*7-6-4-2-1-3-5-6;1-2-4-6-5-3-1;3*1-2;/h1-5,7H;1-5H;1-5H;3*1-2H3;1H2/q+1;;;;;;. The van der Waals surface area contributed by atoms with Crippen molar-refractivity contribution >= 4 is 0 Å². The third-order valence-electron chi connectivity index (χ3n) is 1.95. The average Bonchev–Trinajstić information content (AvgIpc) is 2.76. The Kier molecular flexibility index (Phi) is 36.3. The summed E-state index contributed by atoms with van der Waals surface area (Å²) in [7, 11) is 0. The van der Waals surface area contributed by atoms with E-state index in [2.05, 4.69) is 4.98 Å². The molecule has 0 radical (unpaired) electrons. The molecule has 0 atom stereocenters. The molecular weight excluding hydrogens is 342 g/mol. The van der Waals surface area contributed by atoms with Crippen molar-refractivity contribution < 1.29 is 20.1 Å². The van der Waals surface area contributed by atoms with Gasteiger partial charge in [0.1, 0.15) is 0 Å². The molecule has 0 bridgehead atoms. The summed E-state index contributed by atoms with van der Waals surface area (Å²) in [5.74, 6) is 0. The van der Waals surface area contributed by atoms with E-state index in [1.807, 2.05) is 65.8 Å². The van der Waals surface area contributed by atoms with E-state index in [0.29, 0.717) is 0 Å². The van der Waals surface area contributed by atoms with Crippen LogP contribution in [0.5, 0.6) is 0 Å². The highest BCUT2D eigenvalue weighted by molar-refractivity contribution is 4.88. The molecule has 3 aromatic rings. The van der Waals surface area contributed by atoms with Crippen LogP contribution in [0, 0.1) is 5.21 Å². The molecule has 0 aliphatic heterocycles. The Morgan fingerprint density at radius 2 is 0.926 bits per heavy atom. The zero-order valence-electron chi connectivity index (χ0n) is 17.4. The van der Waals surface area contributed by atoms with E-state index in [9.17, 15) is 5.21 Å². The summed E-state index contributed by atoms with van der Waals surface area (Å²) in [5.41, 5.74) is 0. The maximum absolute atomic E-state index is 10.2. The fourth-order valence-corrected chi connectivity index (χ4v) is 1.09. The third kappa shape index (κ3) is 28.1. The largest absolute Gasteiger partial charge is 0.619 e. The number of aromatic nitrogens is 3. The topological polar surface area (TPSA) is 95.4 Å². The van der Waals surface area contributed by atoms with Crippen LogP contribution in [0.4, 0.5) is 0 Å². The van der Waals surface area contributed by atoms with Crippen LogP contribution in [0.2, 0.25) is 0 Å². The van der Waals surface area contributed by atoms with Crippen LogP contribution in [0.3, 0.4) is 0 Å². The maximum atomic E-state index is 10.2. The summed E-state index contributed by atoms with van der Waals surface area (Å²) in [5, 5.41) is 18.7. The average molecular weight is 379 g/mol. The Morgan fingerprint density at radius 1 is 0.593 bits per heavy atom. The van der Waals surface area contributed by atoms with Gasteiger partial charge in [-0.15, -0.1) is 0 Å². The van der Waals surface area contributed by atoms with Gasteiger partial charge in [-0.25, -0.2) is 0 Å². The van der Waals surface area contributed by atoms with Crippen LogP contribution in [0.1, 0.15) is 41.5 Å². The molecule has 3 N–H and O–H groups in total. The molecule has 152 valence electrons. The van der Waals surface area contributed by atoms with Gasteiger partial charge in [-0.1, -0.05) is 59.7 Å². The predicted molar refractivity (Wildman–Crippen MR) is 111 cm³/mol. The highest BCUT2D eigenvalue weighted by atomic mass is 16.5. The Labute approximate surface area is 164 Å². The molecular formula is C21H36N3O3+. The quantitative estimate of drug-likeness (QED) is 0.365. The van der Waals surface area contributed by atoms with E-state index < -0.39 is 0 Å². The summed E-state index contributed by atoms with van der Waals surface area (Å²) in [6.07, 6.45) is 9.50. The number of hydrogen-bond donors (Lipinski definition) is 1. The third-order valence-corrected chi connectivity index (χ3v) is 1.95. The molecule has 0 aromatic carbocycles. The van der Waals surface area contributed by atoms with Crippen LogP contribution < -0.4 is 9.46 Å². The Bertz CT molecular complexity index is 489. The minimum absolute atomic E-state index is 0. The number of nitrogens with zero attached hydrogens (tertiary/aromatic N) is 3. The molecule has 0 spiro atoms. The van der Waals surface area contributed by atoms with E-state index in [-0.39, 0.29) is 5.48 Å². The Hall–Kier alpha value is -2.99. The van der Waals surface area contributed by atoms with Crippen LogP contribution in [-0.4, -0.2) is 15.7 Å². The lowest BCUT2D eigenvalue weighted by Gasteiger charge is -1.88. The fourth-order valence-electron chi connectivity index (χ4n) is 1.09. The van der Waals surface area contributed by atoms with Gasteiger partial charge in [0.2, 0.25) is 12.4 Å². The summed E-state index contributed by atoms with van der Waals surface area (Å²) in [4.78, 5) is 3.78. The SMILES string of the molecule is CC.CC.CC.O.O[n+]1ccccc1.[O-][n+]1ccccc1.c1ccncc1. The van der Waals surface area contributed by atoms with Gasteiger partial charge in [0.05, 0.1) is 0 Å². The second-order valence-corrected chi connectivity index (χ2v) is 3.52. The van der Waals surface area contributed by atoms with Gasteiger partial charge >= 0.3 is 0 Å². The predicted octanol–water partition coefficient (Wildman–Crippen LogP) is 3.87. The fraction of sp³-hybridized carbons (Fsp3) is 0.286. The minimum Gasteiger partial charge on any atom is -0.619 e. The molecule has 27 heavy (non-hydrogen) atoms. The molecule has 0 aliphatic rings. The lowest BCUT2D eigenvalue weighted by atomic mass is 10.5. The molecule has 0 saturated heterocycles. The number of rotatable bonds is 0. The van der Waals surface area contributed by atoms with Gasteiger partial charge in [0, 0.05) is 41.4 Å². The first-order valence-electron chi connectivity index (χ1n) is 8.93. The summed E-state index contributed by atoms with van der Waals surface area (Å²) in [6, 6.07) is 16.2.